The Labute approximate surface area is 96.9 Å². The Kier molecular flexibility index (Phi) is 3.30. The summed E-state index contributed by atoms with van der Waals surface area (Å²) in [4.78, 5) is 11.7. The predicted molar refractivity (Wildman–Crippen MR) is 61.4 cm³/mol. The fourth-order valence-electron chi connectivity index (χ4n) is 1.45. The molecule has 0 aliphatic heterocycles. The number of allylic oxidation sites excluding steroid dienone is 2. The number of rotatable bonds is 3. The van der Waals surface area contributed by atoms with Crippen LogP contribution in [0, 0.1) is 0 Å². The third-order valence-electron chi connectivity index (χ3n) is 2.06. The summed E-state index contributed by atoms with van der Waals surface area (Å²) in [7, 11) is 0. The molecule has 80 valence electrons. The zero-order chi connectivity index (χ0) is 11.1. The van der Waals surface area contributed by atoms with Crippen LogP contribution >= 0.6 is 23.2 Å². The van der Waals surface area contributed by atoms with E-state index in [1.807, 2.05) is 6.92 Å². The maximum absolute atomic E-state index is 11.7. The second-order valence-electron chi connectivity index (χ2n) is 4.29. The van der Waals surface area contributed by atoms with Gasteiger partial charge in [-0.05, 0) is 0 Å². The van der Waals surface area contributed by atoms with Gasteiger partial charge in [0.1, 0.15) is 0 Å². The van der Waals surface area contributed by atoms with Crippen molar-refractivity contribution < 1.29 is 9.53 Å². The van der Waals surface area contributed by atoms with Crippen LogP contribution in [0.15, 0.2) is 10.2 Å². The molecular weight excluding hydrogens is 284 g/mol. The van der Waals surface area contributed by atoms with Gasteiger partial charge in [-0.15, -0.1) is 0 Å². The molecule has 14 heavy (non-hydrogen) atoms. The average Bonchev–Trinajstić information content (AvgIpc) is 2.01. The summed E-state index contributed by atoms with van der Waals surface area (Å²) in [5.41, 5.74) is 0. The molecule has 1 rings (SSSR count). The monoisotopic (exact) mass is 298 g/mol. The molecule has 0 radical (unpaired) electrons. The molecule has 0 aromatic carbocycles. The van der Waals surface area contributed by atoms with Crippen LogP contribution in [-0.2, 0) is 9.53 Å². The molecule has 0 atom stereocenters. The Balaban J connectivity index is 3.12. The molecule has 0 unspecified atom stereocenters. The Hall–Kier alpha value is 0.333. The van der Waals surface area contributed by atoms with Gasteiger partial charge in [0.25, 0.3) is 0 Å². The van der Waals surface area contributed by atoms with Gasteiger partial charge >= 0.3 is 97.1 Å². The molecule has 5 heteroatoms. The first kappa shape index (κ1) is 12.4. The number of hydrogen-bond donors (Lipinski definition) is 0. The third-order valence-corrected chi connectivity index (χ3v) is 6.85. The molecule has 0 saturated heterocycles. The molecule has 0 N–H and O–H groups in total. The standard InChI is InChI=1S/C9H14Cl2GeO2/c1-5-14-8-6(12(2,3)4)7(13)9(8,10)11/h5H2,1-4H3. The zero-order valence-corrected chi connectivity index (χ0v) is 12.4. The van der Waals surface area contributed by atoms with Crippen LogP contribution in [0.3, 0.4) is 0 Å². The molecule has 1 aliphatic carbocycles. The fourth-order valence-corrected chi connectivity index (χ4v) is 6.39. The normalized spacial score (nSPS) is 20.9. The van der Waals surface area contributed by atoms with E-state index in [1.54, 1.807) is 0 Å². The van der Waals surface area contributed by atoms with Gasteiger partial charge in [-0.25, -0.2) is 0 Å². The van der Waals surface area contributed by atoms with Gasteiger partial charge in [0.05, 0.1) is 0 Å². The fraction of sp³-hybridized carbons (Fsp3) is 0.667. The molecule has 0 amide bonds. The summed E-state index contributed by atoms with van der Waals surface area (Å²) in [5.74, 6) is 6.71. The quantitative estimate of drug-likeness (QED) is 0.591. The number of Topliss-reactive ketones (excluding diaryl/α,β-unsaturated/α-hetero) is 1. The van der Waals surface area contributed by atoms with E-state index >= 15 is 0 Å². The van der Waals surface area contributed by atoms with Crippen LogP contribution in [-0.4, -0.2) is 30.0 Å². The average molecular weight is 298 g/mol. The Morgan fingerprint density at radius 3 is 2.21 bits per heavy atom. The molecule has 0 fully saturated rings. The summed E-state index contributed by atoms with van der Waals surface area (Å²) in [6.45, 7) is 2.35. The van der Waals surface area contributed by atoms with Crippen molar-refractivity contribution in [3.63, 3.8) is 0 Å². The number of ether oxygens (including phenoxy) is 1. The summed E-state index contributed by atoms with van der Waals surface area (Å²) in [6, 6.07) is 0. The van der Waals surface area contributed by atoms with Crippen molar-refractivity contribution in [2.75, 3.05) is 6.61 Å². The molecule has 0 aromatic rings. The number of alkyl halides is 2. The molecule has 0 aromatic heterocycles. The third kappa shape index (κ3) is 1.84. The van der Waals surface area contributed by atoms with E-state index in [0.717, 1.165) is 4.41 Å². The van der Waals surface area contributed by atoms with Gasteiger partial charge in [0, 0.05) is 0 Å². The van der Waals surface area contributed by atoms with Crippen LogP contribution in [0.2, 0.25) is 17.3 Å². The van der Waals surface area contributed by atoms with Gasteiger partial charge in [-0.1, -0.05) is 0 Å². The van der Waals surface area contributed by atoms with E-state index in [0.29, 0.717) is 12.4 Å². The van der Waals surface area contributed by atoms with Crippen molar-refractivity contribution in [2.45, 2.75) is 28.5 Å². The second-order valence-corrected chi connectivity index (χ2v) is 16.1. The summed E-state index contributed by atoms with van der Waals surface area (Å²) in [6.07, 6.45) is 0. The van der Waals surface area contributed by atoms with Crippen LogP contribution in [0.25, 0.3) is 0 Å². The minimum atomic E-state index is -2.19. The van der Waals surface area contributed by atoms with Gasteiger partial charge in [0.2, 0.25) is 0 Å². The van der Waals surface area contributed by atoms with Gasteiger partial charge in [-0.3, -0.25) is 0 Å². The first-order valence-corrected chi connectivity index (χ1v) is 12.6. The van der Waals surface area contributed by atoms with Crippen molar-refractivity contribution >= 4 is 42.3 Å². The van der Waals surface area contributed by atoms with Crippen molar-refractivity contribution in [1.82, 2.24) is 0 Å². The van der Waals surface area contributed by atoms with E-state index < -0.39 is 17.6 Å². The van der Waals surface area contributed by atoms with E-state index in [-0.39, 0.29) is 5.78 Å². The Morgan fingerprint density at radius 2 is 1.86 bits per heavy atom. The number of halogens is 2. The van der Waals surface area contributed by atoms with E-state index in [1.165, 1.54) is 0 Å². The number of hydrogen-bond acceptors (Lipinski definition) is 2. The molecule has 1 aliphatic rings. The van der Waals surface area contributed by atoms with Crippen LogP contribution in [0.5, 0.6) is 0 Å². The molecule has 0 heterocycles. The van der Waals surface area contributed by atoms with Crippen LogP contribution in [0.1, 0.15) is 6.92 Å². The summed E-state index contributed by atoms with van der Waals surface area (Å²) < 4.78 is 4.72. The minimum absolute atomic E-state index is 0.156. The zero-order valence-electron chi connectivity index (χ0n) is 8.78. The van der Waals surface area contributed by atoms with Gasteiger partial charge in [-0.2, -0.15) is 0 Å². The number of carbonyl (C=O) groups excluding carboxylic acids is 1. The summed E-state index contributed by atoms with van der Waals surface area (Å²) in [5, 5.41) is 0. The van der Waals surface area contributed by atoms with Gasteiger partial charge < -0.3 is 0 Å². The molecular formula is C9H14Cl2GeO2. The number of carbonyl (C=O) groups is 1. The van der Waals surface area contributed by atoms with Crippen molar-refractivity contribution in [2.24, 2.45) is 0 Å². The van der Waals surface area contributed by atoms with E-state index in [4.69, 9.17) is 27.9 Å². The Morgan fingerprint density at radius 1 is 1.36 bits per heavy atom. The van der Waals surface area contributed by atoms with E-state index in [9.17, 15) is 4.79 Å². The second kappa shape index (κ2) is 3.72. The van der Waals surface area contributed by atoms with Crippen LogP contribution < -0.4 is 0 Å². The first-order chi connectivity index (χ1) is 6.23. The SMILES string of the molecule is CCOC1=[C]([Ge]([CH3])([CH3])[CH3])C(=O)C1(Cl)Cl. The van der Waals surface area contributed by atoms with Crippen molar-refractivity contribution in [3.8, 4) is 0 Å². The van der Waals surface area contributed by atoms with Crippen molar-refractivity contribution in [3.05, 3.63) is 10.2 Å². The predicted octanol–water partition coefficient (Wildman–Crippen LogP) is 2.91. The van der Waals surface area contributed by atoms with E-state index in [2.05, 4.69) is 17.3 Å². The molecule has 2 nitrogen and oxygen atoms in total. The number of ketones is 1. The topological polar surface area (TPSA) is 26.3 Å². The van der Waals surface area contributed by atoms with Gasteiger partial charge in [0.15, 0.2) is 0 Å². The summed E-state index contributed by atoms with van der Waals surface area (Å²) >= 11 is 9.54. The molecule has 0 saturated carbocycles. The molecule has 0 bridgehead atoms. The molecule has 0 spiro atoms. The maximum atomic E-state index is 11.7. The van der Waals surface area contributed by atoms with Crippen LogP contribution in [0.4, 0.5) is 0 Å². The first-order valence-electron chi connectivity index (χ1n) is 4.53. The van der Waals surface area contributed by atoms with Crippen molar-refractivity contribution in [1.29, 1.82) is 0 Å². The Bertz CT molecular complexity index is 302.